The van der Waals surface area contributed by atoms with E-state index in [1.807, 2.05) is 0 Å². The SMILES string of the molecule is CN(C[C@H]1CCCO1)c1ccc(S(=O)(=O)Nc2ccccc2Cl)cc1[N+](=O)[O-]. The van der Waals surface area contributed by atoms with E-state index >= 15 is 0 Å². The number of hydrogen-bond donors (Lipinski definition) is 1. The standard InChI is InChI=1S/C18H20ClN3O5S/c1-21(12-13-5-4-10-27-13)17-9-8-14(11-18(17)22(23)24)28(25,26)20-16-7-3-2-6-15(16)19/h2-3,6-9,11,13,20H,4-5,10,12H2,1H3/t13-/m1/s1. The number of para-hydroxylation sites is 1. The molecule has 0 saturated carbocycles. The molecule has 1 fully saturated rings. The van der Waals surface area contributed by atoms with Crippen LogP contribution in [0.25, 0.3) is 0 Å². The molecule has 3 rings (SSSR count). The van der Waals surface area contributed by atoms with Gasteiger partial charge in [-0.1, -0.05) is 23.7 Å². The first-order valence-electron chi connectivity index (χ1n) is 8.66. The number of sulfonamides is 1. The van der Waals surface area contributed by atoms with Crippen molar-refractivity contribution >= 4 is 38.7 Å². The molecule has 1 N–H and O–H groups in total. The molecule has 1 atom stereocenters. The average molecular weight is 426 g/mol. The molecular formula is C18H20ClN3O5S. The van der Waals surface area contributed by atoms with Crippen molar-refractivity contribution in [3.8, 4) is 0 Å². The highest BCUT2D eigenvalue weighted by molar-refractivity contribution is 7.92. The van der Waals surface area contributed by atoms with E-state index in [0.29, 0.717) is 18.8 Å². The van der Waals surface area contributed by atoms with E-state index in [-0.39, 0.29) is 27.4 Å². The van der Waals surface area contributed by atoms with E-state index in [2.05, 4.69) is 4.72 Å². The van der Waals surface area contributed by atoms with Gasteiger partial charge in [0, 0.05) is 26.3 Å². The maximum atomic E-state index is 12.7. The summed E-state index contributed by atoms with van der Waals surface area (Å²) in [6.07, 6.45) is 1.87. The van der Waals surface area contributed by atoms with Crippen molar-refractivity contribution in [2.75, 3.05) is 29.8 Å². The van der Waals surface area contributed by atoms with E-state index < -0.39 is 14.9 Å². The van der Waals surface area contributed by atoms with E-state index in [1.54, 1.807) is 30.1 Å². The van der Waals surface area contributed by atoms with E-state index in [0.717, 1.165) is 18.9 Å². The normalized spacial score (nSPS) is 16.7. The lowest BCUT2D eigenvalue weighted by atomic mass is 10.2. The molecule has 150 valence electrons. The van der Waals surface area contributed by atoms with Crippen LogP contribution in [0.2, 0.25) is 5.02 Å². The molecule has 10 heteroatoms. The number of likely N-dealkylation sites (N-methyl/N-ethyl adjacent to an activating group) is 1. The average Bonchev–Trinajstić information content (AvgIpc) is 3.16. The molecule has 1 heterocycles. The van der Waals surface area contributed by atoms with Gasteiger partial charge < -0.3 is 9.64 Å². The highest BCUT2D eigenvalue weighted by Crippen LogP contribution is 2.32. The Bertz CT molecular complexity index is 977. The van der Waals surface area contributed by atoms with Gasteiger partial charge in [0.05, 0.1) is 26.6 Å². The molecule has 2 aromatic carbocycles. The van der Waals surface area contributed by atoms with Gasteiger partial charge in [-0.25, -0.2) is 8.42 Å². The molecule has 1 aliphatic heterocycles. The summed E-state index contributed by atoms with van der Waals surface area (Å²) in [5.74, 6) is 0. The zero-order valence-electron chi connectivity index (χ0n) is 15.2. The smallest absolute Gasteiger partial charge is 0.293 e. The summed E-state index contributed by atoms with van der Waals surface area (Å²) >= 11 is 5.99. The summed E-state index contributed by atoms with van der Waals surface area (Å²) in [4.78, 5) is 12.5. The maximum Gasteiger partial charge on any atom is 0.293 e. The number of nitro groups is 1. The van der Waals surface area contributed by atoms with Crippen LogP contribution in [0.3, 0.4) is 0 Å². The lowest BCUT2D eigenvalue weighted by molar-refractivity contribution is -0.384. The van der Waals surface area contributed by atoms with Gasteiger partial charge in [0.2, 0.25) is 0 Å². The molecule has 8 nitrogen and oxygen atoms in total. The zero-order chi connectivity index (χ0) is 20.3. The molecule has 0 bridgehead atoms. The van der Waals surface area contributed by atoms with Crippen molar-refractivity contribution in [3.05, 3.63) is 57.6 Å². The molecule has 0 amide bonds. The number of benzene rings is 2. The first-order chi connectivity index (χ1) is 13.3. The number of nitrogens with zero attached hydrogens (tertiary/aromatic N) is 2. The summed E-state index contributed by atoms with van der Waals surface area (Å²) in [7, 11) is -2.32. The Kier molecular flexibility index (Phi) is 6.07. The van der Waals surface area contributed by atoms with E-state index in [4.69, 9.17) is 16.3 Å². The van der Waals surface area contributed by atoms with Crippen molar-refractivity contribution in [2.24, 2.45) is 0 Å². The number of halogens is 1. The Labute approximate surface area is 168 Å². The minimum absolute atomic E-state index is 0.00917. The number of nitrogens with one attached hydrogen (secondary N) is 1. The molecule has 1 aliphatic rings. The highest BCUT2D eigenvalue weighted by Gasteiger charge is 2.26. The van der Waals surface area contributed by atoms with Crippen LogP contribution in [-0.2, 0) is 14.8 Å². The lowest BCUT2D eigenvalue weighted by Crippen LogP contribution is -2.29. The Morgan fingerprint density at radius 2 is 2.07 bits per heavy atom. The van der Waals surface area contributed by atoms with Crippen LogP contribution in [-0.4, -0.2) is 39.6 Å². The number of anilines is 2. The third-order valence-corrected chi connectivity index (χ3v) is 6.18. The first-order valence-corrected chi connectivity index (χ1v) is 10.5. The van der Waals surface area contributed by atoms with Crippen LogP contribution in [0.4, 0.5) is 17.1 Å². The molecule has 0 radical (unpaired) electrons. The van der Waals surface area contributed by atoms with Gasteiger partial charge in [-0.2, -0.15) is 0 Å². The fourth-order valence-electron chi connectivity index (χ4n) is 3.08. The van der Waals surface area contributed by atoms with Crippen LogP contribution in [0.15, 0.2) is 47.4 Å². The summed E-state index contributed by atoms with van der Waals surface area (Å²) in [6, 6.07) is 10.2. The predicted octanol–water partition coefficient (Wildman–Crippen LogP) is 3.66. The number of rotatable bonds is 7. The monoisotopic (exact) mass is 425 g/mol. The zero-order valence-corrected chi connectivity index (χ0v) is 16.7. The second kappa shape index (κ2) is 8.34. The molecule has 0 spiro atoms. The summed E-state index contributed by atoms with van der Waals surface area (Å²) in [5, 5.41) is 11.8. The Morgan fingerprint density at radius 3 is 2.71 bits per heavy atom. The Hall–Kier alpha value is -2.36. The fourth-order valence-corrected chi connectivity index (χ4v) is 4.42. The second-order valence-corrected chi connectivity index (χ2v) is 8.60. The van der Waals surface area contributed by atoms with Gasteiger partial charge in [0.1, 0.15) is 5.69 Å². The van der Waals surface area contributed by atoms with E-state index in [1.165, 1.54) is 18.2 Å². The van der Waals surface area contributed by atoms with Crippen molar-refractivity contribution in [3.63, 3.8) is 0 Å². The van der Waals surface area contributed by atoms with E-state index in [9.17, 15) is 18.5 Å². The number of ether oxygens (including phenoxy) is 1. The maximum absolute atomic E-state index is 12.7. The third kappa shape index (κ3) is 4.54. The Balaban J connectivity index is 1.89. The molecule has 28 heavy (non-hydrogen) atoms. The lowest BCUT2D eigenvalue weighted by Gasteiger charge is -2.22. The van der Waals surface area contributed by atoms with Crippen LogP contribution < -0.4 is 9.62 Å². The minimum Gasteiger partial charge on any atom is -0.376 e. The molecule has 1 saturated heterocycles. The van der Waals surface area contributed by atoms with Crippen LogP contribution in [0.5, 0.6) is 0 Å². The topological polar surface area (TPSA) is 102 Å². The summed E-state index contributed by atoms with van der Waals surface area (Å²) < 4.78 is 33.3. The quantitative estimate of drug-likeness (QED) is 0.536. The summed E-state index contributed by atoms with van der Waals surface area (Å²) in [6.45, 7) is 1.18. The number of nitro benzene ring substituents is 1. The van der Waals surface area contributed by atoms with Gasteiger partial charge in [0.25, 0.3) is 15.7 Å². The summed E-state index contributed by atoms with van der Waals surface area (Å²) in [5.41, 5.74) is 0.242. The fraction of sp³-hybridized carbons (Fsp3) is 0.333. The van der Waals surface area contributed by atoms with Gasteiger partial charge in [-0.05, 0) is 37.1 Å². The van der Waals surface area contributed by atoms with Gasteiger partial charge in [0.15, 0.2) is 0 Å². The minimum atomic E-state index is -4.04. The second-order valence-electron chi connectivity index (χ2n) is 6.51. The molecule has 0 aliphatic carbocycles. The third-order valence-electron chi connectivity index (χ3n) is 4.48. The number of hydrogen-bond acceptors (Lipinski definition) is 6. The van der Waals surface area contributed by atoms with Crippen LogP contribution >= 0.6 is 11.6 Å². The van der Waals surface area contributed by atoms with Crippen LogP contribution in [0.1, 0.15) is 12.8 Å². The van der Waals surface area contributed by atoms with Gasteiger partial charge in [-0.3, -0.25) is 14.8 Å². The highest BCUT2D eigenvalue weighted by atomic mass is 35.5. The molecule has 0 unspecified atom stereocenters. The first kappa shape index (κ1) is 20.4. The molecule has 0 aromatic heterocycles. The van der Waals surface area contributed by atoms with Crippen molar-refractivity contribution in [1.29, 1.82) is 0 Å². The van der Waals surface area contributed by atoms with Crippen molar-refractivity contribution < 1.29 is 18.1 Å². The van der Waals surface area contributed by atoms with Crippen molar-refractivity contribution in [2.45, 2.75) is 23.8 Å². The van der Waals surface area contributed by atoms with Gasteiger partial charge >= 0.3 is 0 Å². The van der Waals surface area contributed by atoms with Crippen LogP contribution in [0, 0.1) is 10.1 Å². The molecule has 2 aromatic rings. The largest absolute Gasteiger partial charge is 0.376 e. The van der Waals surface area contributed by atoms with Gasteiger partial charge in [-0.15, -0.1) is 0 Å². The predicted molar refractivity (Wildman–Crippen MR) is 108 cm³/mol. The Morgan fingerprint density at radius 1 is 1.32 bits per heavy atom. The van der Waals surface area contributed by atoms with Crippen molar-refractivity contribution in [1.82, 2.24) is 0 Å². The molecular weight excluding hydrogens is 406 g/mol.